The van der Waals surface area contributed by atoms with Crippen molar-refractivity contribution in [2.75, 3.05) is 42.9 Å². The summed E-state index contributed by atoms with van der Waals surface area (Å²) in [6.45, 7) is 12.1. The van der Waals surface area contributed by atoms with E-state index in [0.29, 0.717) is 33.5 Å². The Morgan fingerprint density at radius 2 is 1.66 bits per heavy atom. The van der Waals surface area contributed by atoms with Gasteiger partial charge in [0.05, 0.1) is 17.2 Å². The van der Waals surface area contributed by atoms with Crippen molar-refractivity contribution >= 4 is 45.9 Å². The molecule has 4 amide bonds. The highest BCUT2D eigenvalue weighted by molar-refractivity contribution is 6.06. The number of fused-ring (bicyclic) bond motifs is 2. The van der Waals surface area contributed by atoms with Gasteiger partial charge in [-0.1, -0.05) is 26.0 Å². The summed E-state index contributed by atoms with van der Waals surface area (Å²) in [5.41, 5.74) is 0.0730. The number of benzene rings is 2. The molecule has 6 heterocycles. The Morgan fingerprint density at radius 3 is 2.33 bits per heavy atom. The minimum absolute atomic E-state index is 0.0394. The van der Waals surface area contributed by atoms with Crippen LogP contribution in [-0.4, -0.2) is 97.2 Å². The molecule has 4 aromatic rings. The fourth-order valence-electron chi connectivity index (χ4n) is 9.57. The average Bonchev–Trinajstić information content (AvgIpc) is 3.74. The maximum absolute atomic E-state index is 13.5. The molecule has 3 fully saturated rings. The van der Waals surface area contributed by atoms with Crippen LogP contribution >= 0.6 is 0 Å². The molecule has 2 atom stereocenters. The van der Waals surface area contributed by atoms with Gasteiger partial charge in [-0.15, -0.1) is 0 Å². The van der Waals surface area contributed by atoms with Crippen molar-refractivity contribution in [1.82, 2.24) is 29.9 Å². The number of nitrogens with one attached hydrogen (secondary N) is 2. The topological polar surface area (TPSA) is 173 Å². The van der Waals surface area contributed by atoms with Gasteiger partial charge in [-0.05, 0) is 93.7 Å². The summed E-state index contributed by atoms with van der Waals surface area (Å²) in [4.78, 5) is 60.2. The third kappa shape index (κ3) is 8.47. The van der Waals surface area contributed by atoms with Crippen molar-refractivity contribution in [3.8, 4) is 0 Å². The van der Waals surface area contributed by atoms with Gasteiger partial charge in [0.15, 0.2) is 6.23 Å². The van der Waals surface area contributed by atoms with E-state index in [1.807, 2.05) is 23.0 Å². The Balaban J connectivity index is 0.868. The number of rotatable bonds is 9. The fraction of sp³-hybridized carbons (Fsp3) is 0.500. The molecular weight excluding hydrogens is 794 g/mol. The number of aliphatic hydroxyl groups excluding tert-OH is 1. The van der Waals surface area contributed by atoms with Crippen molar-refractivity contribution in [2.24, 2.45) is 11.3 Å². The number of carbonyl (C=O) groups excluding carboxylic acids is 4. The molecule has 4 aliphatic heterocycles. The molecule has 17 heteroatoms. The molecule has 14 nitrogen and oxygen atoms in total. The SMILES string of the molecule is CC(C)(O)c1cc2nn(C3CCN(CC(C)(C)C4CCN(c5ccc6c(c5)C(=O)N(C5CCC(=O)NC5=O)C6O)CC4)CC3)cc2cc1NC(=O)c1cccc(C(F)(F)F)n1. The molecular formula is C44H51F3N8O6. The second-order valence-electron chi connectivity index (χ2n) is 18.1. The number of aromatic nitrogens is 3. The maximum Gasteiger partial charge on any atom is 0.433 e. The number of halogens is 3. The number of amides is 4. The molecule has 0 spiro atoms. The van der Waals surface area contributed by atoms with Gasteiger partial charge in [0.1, 0.15) is 17.4 Å². The summed E-state index contributed by atoms with van der Waals surface area (Å²) in [6, 6.07) is 11.3. The van der Waals surface area contributed by atoms with Gasteiger partial charge < -0.3 is 25.3 Å². The molecule has 324 valence electrons. The first-order chi connectivity index (χ1) is 28.8. The van der Waals surface area contributed by atoms with Crippen LogP contribution in [0.5, 0.6) is 0 Å². The zero-order valence-corrected chi connectivity index (χ0v) is 34.6. The predicted octanol–water partition coefficient (Wildman–Crippen LogP) is 5.76. The first-order valence-corrected chi connectivity index (χ1v) is 20.8. The molecule has 0 radical (unpaired) electrons. The summed E-state index contributed by atoms with van der Waals surface area (Å²) in [5, 5.41) is 32.5. The summed E-state index contributed by atoms with van der Waals surface area (Å²) >= 11 is 0. The Morgan fingerprint density at radius 1 is 0.934 bits per heavy atom. The maximum atomic E-state index is 13.5. The number of piperidine rings is 3. The van der Waals surface area contributed by atoms with Gasteiger partial charge in [0, 0.05) is 78.8 Å². The summed E-state index contributed by atoms with van der Waals surface area (Å²) in [6.07, 6.45) is -0.0565. The summed E-state index contributed by atoms with van der Waals surface area (Å²) < 4.78 is 41.8. The molecule has 0 aliphatic carbocycles. The van der Waals surface area contributed by atoms with Crippen LogP contribution in [0.15, 0.2) is 54.7 Å². The minimum atomic E-state index is -4.70. The Hall–Kier alpha value is -5.39. The van der Waals surface area contributed by atoms with Gasteiger partial charge in [-0.2, -0.15) is 18.3 Å². The van der Waals surface area contributed by atoms with E-state index in [1.54, 1.807) is 32.0 Å². The average molecular weight is 845 g/mol. The van der Waals surface area contributed by atoms with E-state index in [4.69, 9.17) is 5.10 Å². The lowest BCUT2D eigenvalue weighted by Crippen LogP contribution is -2.53. The van der Waals surface area contributed by atoms with Crippen LogP contribution in [0.1, 0.15) is 116 Å². The molecule has 8 rings (SSSR count). The van der Waals surface area contributed by atoms with Crippen LogP contribution in [0.2, 0.25) is 0 Å². The van der Waals surface area contributed by atoms with Crippen LogP contribution in [0, 0.1) is 11.3 Å². The van der Waals surface area contributed by atoms with Crippen LogP contribution in [-0.2, 0) is 21.4 Å². The van der Waals surface area contributed by atoms with E-state index < -0.39 is 53.2 Å². The van der Waals surface area contributed by atoms with Crippen molar-refractivity contribution in [2.45, 2.75) is 96.3 Å². The second kappa shape index (κ2) is 15.8. The number of hydrogen-bond donors (Lipinski definition) is 4. The number of imide groups is 1. The quantitative estimate of drug-likeness (QED) is 0.152. The second-order valence-corrected chi connectivity index (χ2v) is 18.1. The van der Waals surface area contributed by atoms with Crippen molar-refractivity contribution in [1.29, 1.82) is 0 Å². The minimum Gasteiger partial charge on any atom is -0.386 e. The number of carbonyl (C=O) groups is 4. The third-order valence-corrected chi connectivity index (χ3v) is 13.0. The van der Waals surface area contributed by atoms with Crippen LogP contribution in [0.4, 0.5) is 24.5 Å². The first-order valence-electron chi connectivity index (χ1n) is 20.8. The van der Waals surface area contributed by atoms with E-state index in [2.05, 4.69) is 39.3 Å². The molecule has 3 saturated heterocycles. The largest absolute Gasteiger partial charge is 0.433 e. The van der Waals surface area contributed by atoms with E-state index >= 15 is 0 Å². The Kier molecular flexibility index (Phi) is 11.0. The van der Waals surface area contributed by atoms with Crippen LogP contribution < -0.4 is 15.5 Å². The van der Waals surface area contributed by atoms with Crippen LogP contribution in [0.3, 0.4) is 0 Å². The van der Waals surface area contributed by atoms with E-state index in [-0.39, 0.29) is 35.9 Å². The van der Waals surface area contributed by atoms with Gasteiger partial charge >= 0.3 is 6.18 Å². The van der Waals surface area contributed by atoms with Crippen LogP contribution in [0.25, 0.3) is 10.9 Å². The first kappa shape index (κ1) is 42.3. The lowest BCUT2D eigenvalue weighted by Gasteiger charge is -2.45. The third-order valence-electron chi connectivity index (χ3n) is 13.0. The highest BCUT2D eigenvalue weighted by Gasteiger charge is 2.45. The molecule has 4 N–H and O–H groups in total. The number of pyridine rings is 1. The summed E-state index contributed by atoms with van der Waals surface area (Å²) in [5.74, 6) is -1.71. The molecule has 0 saturated carbocycles. The number of aliphatic hydroxyl groups is 2. The zero-order valence-electron chi connectivity index (χ0n) is 34.6. The zero-order chi connectivity index (χ0) is 43.6. The van der Waals surface area contributed by atoms with E-state index in [1.165, 1.54) is 11.0 Å². The highest BCUT2D eigenvalue weighted by Crippen LogP contribution is 2.41. The number of anilines is 2. The van der Waals surface area contributed by atoms with Gasteiger partial charge in [-0.25, -0.2) is 4.98 Å². The number of hydrogen-bond acceptors (Lipinski definition) is 10. The lowest BCUT2D eigenvalue weighted by molar-refractivity contribution is -0.141. The van der Waals surface area contributed by atoms with Gasteiger partial charge in [0.2, 0.25) is 11.8 Å². The predicted molar refractivity (Wildman–Crippen MR) is 219 cm³/mol. The molecule has 2 unspecified atom stereocenters. The summed E-state index contributed by atoms with van der Waals surface area (Å²) in [7, 11) is 0. The Bertz CT molecular complexity index is 2380. The molecule has 2 aromatic carbocycles. The van der Waals surface area contributed by atoms with Gasteiger partial charge in [-0.3, -0.25) is 34.1 Å². The monoisotopic (exact) mass is 844 g/mol. The molecule has 2 aromatic heterocycles. The smallest absolute Gasteiger partial charge is 0.386 e. The standard InChI is InChI=1S/C44H51F3N8O6/c1-42(2,26-12-18-53(19-13-26)28-8-9-29-30(21-28)41(60)55(40(29)59)35-10-11-37(56)50-39(35)58)24-52-16-14-27(15-17-52)54-23-25-20-34(31(43(3,4)61)22-33(25)51-54)49-38(57)32-6-5-7-36(48-32)44(45,46)47/h5-9,20-23,26-27,35,40,59,61H,10-19,24H2,1-4H3,(H,49,57)(H,50,56,58). The molecule has 0 bridgehead atoms. The number of likely N-dealkylation sites (tertiary alicyclic amines) is 1. The molecule has 4 aliphatic rings. The lowest BCUT2D eigenvalue weighted by atomic mass is 9.73. The Labute approximate surface area is 351 Å². The fourth-order valence-corrected chi connectivity index (χ4v) is 9.57. The number of nitrogens with zero attached hydrogens (tertiary/aromatic N) is 6. The van der Waals surface area contributed by atoms with Crippen molar-refractivity contribution < 1.29 is 42.6 Å². The normalized spacial score (nSPS) is 21.3. The molecule has 61 heavy (non-hydrogen) atoms. The van der Waals surface area contributed by atoms with Crippen molar-refractivity contribution in [3.63, 3.8) is 0 Å². The van der Waals surface area contributed by atoms with Gasteiger partial charge in [0.25, 0.3) is 11.8 Å². The van der Waals surface area contributed by atoms with E-state index in [0.717, 1.165) is 76.2 Å². The van der Waals surface area contributed by atoms with Crippen molar-refractivity contribution in [3.05, 3.63) is 82.8 Å². The van der Waals surface area contributed by atoms with E-state index in [9.17, 15) is 42.6 Å². The number of alkyl halides is 3. The highest BCUT2D eigenvalue weighted by atomic mass is 19.4.